The summed E-state index contributed by atoms with van der Waals surface area (Å²) in [6.45, 7) is 5.58. The lowest BCUT2D eigenvalue weighted by Crippen LogP contribution is -2.26. The molecule has 19 heavy (non-hydrogen) atoms. The highest BCUT2D eigenvalue weighted by Gasteiger charge is 2.25. The Morgan fingerprint density at radius 2 is 2.26 bits per heavy atom. The van der Waals surface area contributed by atoms with Crippen LogP contribution in [-0.4, -0.2) is 36.1 Å². The molecule has 3 rings (SSSR count). The fourth-order valence-corrected chi connectivity index (χ4v) is 5.03. The fraction of sp³-hybridized carbons (Fsp3) is 0.786. The maximum absolute atomic E-state index is 4.99. The average Bonchev–Trinajstić information content (AvgIpc) is 2.68. The summed E-state index contributed by atoms with van der Waals surface area (Å²) in [6.07, 6.45) is 5.09. The number of rotatable bonds is 3. The Morgan fingerprint density at radius 3 is 3.16 bits per heavy atom. The molecule has 0 amide bonds. The Kier molecular flexibility index (Phi) is 4.66. The minimum atomic E-state index is 0.500. The SMILES string of the molecule is CCNC1CCCc2sc(N3CCCSCC3)nc21. The molecule has 1 N–H and O–H groups in total. The zero-order valence-electron chi connectivity index (χ0n) is 11.7. The second-order valence-corrected chi connectivity index (χ2v) is 7.55. The van der Waals surface area contributed by atoms with Crippen LogP contribution >= 0.6 is 23.1 Å². The summed E-state index contributed by atoms with van der Waals surface area (Å²) in [5.41, 5.74) is 1.35. The van der Waals surface area contributed by atoms with Gasteiger partial charge in [-0.3, -0.25) is 0 Å². The molecule has 1 fully saturated rings. The first-order valence-electron chi connectivity index (χ1n) is 7.44. The third kappa shape index (κ3) is 3.09. The molecule has 1 unspecified atom stereocenters. The molecule has 0 aromatic carbocycles. The predicted molar refractivity (Wildman–Crippen MR) is 85.6 cm³/mol. The predicted octanol–water partition coefficient (Wildman–Crippen LogP) is 3.07. The van der Waals surface area contributed by atoms with E-state index in [0.717, 1.165) is 6.54 Å². The van der Waals surface area contributed by atoms with Crippen LogP contribution in [0.25, 0.3) is 0 Å². The molecule has 0 spiro atoms. The van der Waals surface area contributed by atoms with Crippen molar-refractivity contribution in [2.45, 2.75) is 38.6 Å². The molecule has 1 saturated heterocycles. The number of nitrogens with one attached hydrogen (secondary N) is 1. The number of hydrogen-bond donors (Lipinski definition) is 1. The average molecular weight is 297 g/mol. The molecular formula is C14H23N3S2. The number of thioether (sulfide) groups is 1. The Morgan fingerprint density at radius 1 is 1.32 bits per heavy atom. The molecule has 1 aromatic rings. The van der Waals surface area contributed by atoms with Gasteiger partial charge >= 0.3 is 0 Å². The molecule has 1 atom stereocenters. The molecule has 3 nitrogen and oxygen atoms in total. The molecular weight excluding hydrogens is 274 g/mol. The highest BCUT2D eigenvalue weighted by atomic mass is 32.2. The van der Waals surface area contributed by atoms with Crippen LogP contribution in [0.2, 0.25) is 0 Å². The topological polar surface area (TPSA) is 28.2 Å². The molecule has 106 valence electrons. The summed E-state index contributed by atoms with van der Waals surface area (Å²) in [6, 6.07) is 0.500. The standard InChI is InChI=1S/C14H23N3S2/c1-2-15-11-5-3-6-12-13(11)16-14(19-12)17-7-4-9-18-10-8-17/h11,15H,2-10H2,1H3. The van der Waals surface area contributed by atoms with Crippen LogP contribution in [0.5, 0.6) is 0 Å². The van der Waals surface area contributed by atoms with E-state index in [1.54, 1.807) is 0 Å². The van der Waals surface area contributed by atoms with Crippen LogP contribution in [0.3, 0.4) is 0 Å². The van der Waals surface area contributed by atoms with Crippen molar-refractivity contribution in [1.82, 2.24) is 10.3 Å². The van der Waals surface area contributed by atoms with Gasteiger partial charge in [-0.2, -0.15) is 11.8 Å². The van der Waals surface area contributed by atoms with Gasteiger partial charge in [0.2, 0.25) is 0 Å². The lowest BCUT2D eigenvalue weighted by molar-refractivity contribution is 0.465. The summed E-state index contributed by atoms with van der Waals surface area (Å²) < 4.78 is 0. The van der Waals surface area contributed by atoms with Gasteiger partial charge in [0.05, 0.1) is 11.7 Å². The van der Waals surface area contributed by atoms with Crippen molar-refractivity contribution in [3.63, 3.8) is 0 Å². The highest BCUT2D eigenvalue weighted by Crippen LogP contribution is 2.37. The van der Waals surface area contributed by atoms with Gasteiger partial charge in [0.1, 0.15) is 0 Å². The second-order valence-electron chi connectivity index (χ2n) is 5.26. The van der Waals surface area contributed by atoms with Gasteiger partial charge in [-0.25, -0.2) is 4.98 Å². The van der Waals surface area contributed by atoms with E-state index in [1.807, 2.05) is 11.3 Å². The van der Waals surface area contributed by atoms with Crippen LogP contribution in [0.4, 0.5) is 5.13 Å². The van der Waals surface area contributed by atoms with E-state index in [4.69, 9.17) is 4.98 Å². The fourth-order valence-electron chi connectivity index (χ4n) is 2.92. The number of anilines is 1. The second kappa shape index (κ2) is 6.46. The monoisotopic (exact) mass is 297 g/mol. The van der Waals surface area contributed by atoms with Gasteiger partial charge in [-0.15, -0.1) is 11.3 Å². The minimum Gasteiger partial charge on any atom is -0.347 e. The van der Waals surface area contributed by atoms with E-state index >= 15 is 0 Å². The van der Waals surface area contributed by atoms with Crippen LogP contribution in [0.1, 0.15) is 42.8 Å². The Bertz CT molecular complexity index is 411. The number of aryl methyl sites for hydroxylation is 1. The highest BCUT2D eigenvalue weighted by molar-refractivity contribution is 7.99. The summed E-state index contributed by atoms with van der Waals surface area (Å²) >= 11 is 4.03. The van der Waals surface area contributed by atoms with Gasteiger partial charge in [0.15, 0.2) is 5.13 Å². The van der Waals surface area contributed by atoms with E-state index in [9.17, 15) is 0 Å². The van der Waals surface area contributed by atoms with Crippen molar-refractivity contribution in [3.05, 3.63) is 10.6 Å². The summed E-state index contributed by atoms with van der Waals surface area (Å²) in [7, 11) is 0. The van der Waals surface area contributed by atoms with Crippen molar-refractivity contribution >= 4 is 28.2 Å². The molecule has 2 heterocycles. The lowest BCUT2D eigenvalue weighted by atomic mass is 9.98. The smallest absolute Gasteiger partial charge is 0.185 e. The molecule has 0 bridgehead atoms. The van der Waals surface area contributed by atoms with Gasteiger partial charge in [-0.1, -0.05) is 6.92 Å². The third-order valence-corrected chi connectivity index (χ3v) is 6.13. The van der Waals surface area contributed by atoms with Crippen LogP contribution in [-0.2, 0) is 6.42 Å². The molecule has 1 aromatic heterocycles. The number of thiazole rings is 1. The van der Waals surface area contributed by atoms with E-state index < -0.39 is 0 Å². The van der Waals surface area contributed by atoms with Crippen LogP contribution in [0, 0.1) is 0 Å². The number of nitrogens with zero attached hydrogens (tertiary/aromatic N) is 2. The van der Waals surface area contributed by atoms with Crippen molar-refractivity contribution in [1.29, 1.82) is 0 Å². The number of fused-ring (bicyclic) bond motifs is 1. The first-order chi connectivity index (χ1) is 9.38. The van der Waals surface area contributed by atoms with Crippen molar-refractivity contribution in [2.24, 2.45) is 0 Å². The van der Waals surface area contributed by atoms with E-state index in [0.29, 0.717) is 6.04 Å². The van der Waals surface area contributed by atoms with Crippen molar-refractivity contribution < 1.29 is 0 Å². The van der Waals surface area contributed by atoms with E-state index in [1.165, 1.54) is 66.0 Å². The Balaban J connectivity index is 1.80. The quantitative estimate of drug-likeness (QED) is 0.928. The zero-order chi connectivity index (χ0) is 13.1. The maximum atomic E-state index is 4.99. The van der Waals surface area contributed by atoms with Crippen LogP contribution in [0.15, 0.2) is 0 Å². The van der Waals surface area contributed by atoms with Crippen LogP contribution < -0.4 is 10.2 Å². The molecule has 1 aliphatic heterocycles. The Hall–Kier alpha value is -0.260. The Labute approximate surface area is 124 Å². The molecule has 5 heteroatoms. The first-order valence-corrected chi connectivity index (χ1v) is 9.41. The lowest BCUT2D eigenvalue weighted by Gasteiger charge is -2.21. The van der Waals surface area contributed by atoms with E-state index in [2.05, 4.69) is 28.9 Å². The normalized spacial score (nSPS) is 24.1. The molecule has 0 radical (unpaired) electrons. The summed E-state index contributed by atoms with van der Waals surface area (Å²) in [5, 5.41) is 4.87. The van der Waals surface area contributed by atoms with Gasteiger partial charge < -0.3 is 10.2 Å². The first kappa shape index (κ1) is 13.7. The van der Waals surface area contributed by atoms with Gasteiger partial charge in [0.25, 0.3) is 0 Å². The number of aromatic nitrogens is 1. The molecule has 0 saturated carbocycles. The summed E-state index contributed by atoms with van der Waals surface area (Å²) in [5.74, 6) is 2.56. The van der Waals surface area contributed by atoms with Crippen molar-refractivity contribution in [2.75, 3.05) is 36.0 Å². The molecule has 2 aliphatic rings. The number of hydrogen-bond acceptors (Lipinski definition) is 5. The summed E-state index contributed by atoms with van der Waals surface area (Å²) in [4.78, 5) is 9.03. The minimum absolute atomic E-state index is 0.500. The maximum Gasteiger partial charge on any atom is 0.185 e. The largest absolute Gasteiger partial charge is 0.347 e. The van der Waals surface area contributed by atoms with E-state index in [-0.39, 0.29) is 0 Å². The van der Waals surface area contributed by atoms with Gasteiger partial charge in [-0.05, 0) is 38.0 Å². The van der Waals surface area contributed by atoms with Gasteiger partial charge in [0, 0.05) is 23.7 Å². The molecule has 1 aliphatic carbocycles. The third-order valence-electron chi connectivity index (χ3n) is 3.89. The van der Waals surface area contributed by atoms with Crippen molar-refractivity contribution in [3.8, 4) is 0 Å². The zero-order valence-corrected chi connectivity index (χ0v) is 13.3.